The van der Waals surface area contributed by atoms with E-state index >= 15 is 0 Å². The number of hydrogen-bond donors (Lipinski definition) is 0. The van der Waals surface area contributed by atoms with Crippen molar-refractivity contribution < 1.29 is 0 Å². The molecule has 9 heteroatoms. The van der Waals surface area contributed by atoms with Gasteiger partial charge in [-0.1, -0.05) is 0 Å². The molecule has 1 fully saturated rings. The third-order valence-electron chi connectivity index (χ3n) is 4.99. The fraction of sp³-hybridized carbons (Fsp3) is 0.529. The number of aromatic nitrogens is 4. The van der Waals surface area contributed by atoms with E-state index in [0.717, 1.165) is 23.1 Å². The highest BCUT2D eigenvalue weighted by Gasteiger charge is 2.26. The predicted molar refractivity (Wildman–Crippen MR) is 98.7 cm³/mol. The van der Waals surface area contributed by atoms with Gasteiger partial charge in [0.05, 0.1) is 17.9 Å². The zero-order chi connectivity index (χ0) is 19.0. The lowest BCUT2D eigenvalue weighted by Gasteiger charge is -2.34. The van der Waals surface area contributed by atoms with Crippen molar-refractivity contribution in [2.45, 2.75) is 18.9 Å². The number of nitriles is 1. The van der Waals surface area contributed by atoms with Crippen LogP contribution in [0.1, 0.15) is 24.4 Å². The number of piperidine rings is 1. The number of anilines is 2. The van der Waals surface area contributed by atoms with Crippen LogP contribution in [-0.2, 0) is 14.1 Å². The fourth-order valence-corrected chi connectivity index (χ4v) is 3.40. The molecule has 3 rings (SSSR count). The molecule has 138 valence electrons. The molecule has 0 N–H and O–H groups in total. The molecule has 26 heavy (non-hydrogen) atoms. The molecule has 1 aliphatic heterocycles. The van der Waals surface area contributed by atoms with Gasteiger partial charge in [-0.3, -0.25) is 18.6 Å². The molecule has 1 aliphatic rings. The van der Waals surface area contributed by atoms with Crippen molar-refractivity contribution in [1.82, 2.24) is 18.9 Å². The van der Waals surface area contributed by atoms with E-state index in [0.29, 0.717) is 18.9 Å². The normalized spacial score (nSPS) is 15.1. The molecule has 9 nitrogen and oxygen atoms in total. The molecule has 1 saturated heterocycles. The van der Waals surface area contributed by atoms with Crippen LogP contribution in [0.2, 0.25) is 0 Å². The first-order valence-corrected chi connectivity index (χ1v) is 8.51. The number of nitrogens with zero attached hydrogens (tertiary/aromatic N) is 7. The maximum atomic E-state index is 12.3. The molecule has 0 bridgehead atoms. The van der Waals surface area contributed by atoms with E-state index in [9.17, 15) is 14.9 Å². The monoisotopic (exact) mass is 357 g/mol. The minimum Gasteiger partial charge on any atom is -0.375 e. The van der Waals surface area contributed by atoms with Gasteiger partial charge in [0.1, 0.15) is 11.9 Å². The third kappa shape index (κ3) is 2.87. The van der Waals surface area contributed by atoms with Gasteiger partial charge in [0.2, 0.25) is 0 Å². The smallest absolute Gasteiger partial charge is 0.332 e. The highest BCUT2D eigenvalue weighted by Crippen LogP contribution is 2.27. The summed E-state index contributed by atoms with van der Waals surface area (Å²) < 4.78 is 4.33. The lowest BCUT2D eigenvalue weighted by molar-refractivity contribution is 0.364. The number of hydrogen-bond acceptors (Lipinski definition) is 6. The van der Waals surface area contributed by atoms with Crippen molar-refractivity contribution in [3.63, 3.8) is 0 Å². The molecule has 0 amide bonds. The van der Waals surface area contributed by atoms with Gasteiger partial charge in [-0.2, -0.15) is 10.4 Å². The summed E-state index contributed by atoms with van der Waals surface area (Å²) >= 11 is 0. The summed E-state index contributed by atoms with van der Waals surface area (Å²) in [5, 5.41) is 13.9. The van der Waals surface area contributed by atoms with E-state index < -0.39 is 11.2 Å². The standard InChI is InChI=1S/C17H23N7O2/c1-20(2)13-10-19-24(11-13)12-5-7-23(8-6-12)15-14(9-18)16(25)22(4)17(26)21(15)3/h10-12H,5-8H2,1-4H3. The lowest BCUT2D eigenvalue weighted by Crippen LogP contribution is -2.44. The largest absolute Gasteiger partial charge is 0.375 e. The molecular formula is C17H23N7O2. The minimum absolute atomic E-state index is 0.0158. The summed E-state index contributed by atoms with van der Waals surface area (Å²) in [5.41, 5.74) is 0.0967. The van der Waals surface area contributed by atoms with Gasteiger partial charge in [-0.25, -0.2) is 4.79 Å². The van der Waals surface area contributed by atoms with Crippen LogP contribution in [0, 0.1) is 11.3 Å². The van der Waals surface area contributed by atoms with Gasteiger partial charge in [-0.05, 0) is 12.8 Å². The van der Waals surface area contributed by atoms with Gasteiger partial charge in [0.15, 0.2) is 5.56 Å². The molecule has 0 radical (unpaired) electrons. The topological polar surface area (TPSA) is 92.1 Å². The fourth-order valence-electron chi connectivity index (χ4n) is 3.40. The zero-order valence-electron chi connectivity index (χ0n) is 15.5. The first-order valence-electron chi connectivity index (χ1n) is 8.51. The molecular weight excluding hydrogens is 334 g/mol. The molecule has 0 aliphatic carbocycles. The highest BCUT2D eigenvalue weighted by atomic mass is 16.2. The van der Waals surface area contributed by atoms with Crippen molar-refractivity contribution in [3.05, 3.63) is 38.8 Å². The molecule has 3 heterocycles. The Kier molecular flexibility index (Phi) is 4.59. The van der Waals surface area contributed by atoms with Crippen molar-refractivity contribution in [1.29, 1.82) is 5.26 Å². The van der Waals surface area contributed by atoms with Gasteiger partial charge >= 0.3 is 5.69 Å². The van der Waals surface area contributed by atoms with E-state index in [1.807, 2.05) is 47.0 Å². The molecule has 0 aromatic carbocycles. The molecule has 2 aromatic heterocycles. The zero-order valence-corrected chi connectivity index (χ0v) is 15.5. The molecule has 2 aromatic rings. The van der Waals surface area contributed by atoms with Gasteiger partial charge in [0, 0.05) is 47.5 Å². The molecule has 0 unspecified atom stereocenters. The average Bonchev–Trinajstić information content (AvgIpc) is 3.13. The Balaban J connectivity index is 1.86. The van der Waals surface area contributed by atoms with Crippen LogP contribution in [-0.4, -0.2) is 46.1 Å². The van der Waals surface area contributed by atoms with Gasteiger partial charge < -0.3 is 9.80 Å². The Morgan fingerprint density at radius 2 is 1.85 bits per heavy atom. The van der Waals surface area contributed by atoms with Crippen LogP contribution in [0.4, 0.5) is 11.5 Å². The van der Waals surface area contributed by atoms with Crippen molar-refractivity contribution in [2.75, 3.05) is 37.0 Å². The molecule has 0 atom stereocenters. The first kappa shape index (κ1) is 17.8. The van der Waals surface area contributed by atoms with Crippen LogP contribution in [0.15, 0.2) is 22.0 Å². The van der Waals surface area contributed by atoms with E-state index in [4.69, 9.17) is 0 Å². The van der Waals surface area contributed by atoms with Gasteiger partial charge in [-0.15, -0.1) is 0 Å². The van der Waals surface area contributed by atoms with Gasteiger partial charge in [0.25, 0.3) is 5.56 Å². The van der Waals surface area contributed by atoms with E-state index in [1.165, 1.54) is 11.6 Å². The maximum absolute atomic E-state index is 12.3. The first-order chi connectivity index (χ1) is 12.3. The molecule has 0 saturated carbocycles. The second kappa shape index (κ2) is 6.71. The summed E-state index contributed by atoms with van der Waals surface area (Å²) in [5.74, 6) is 0.411. The summed E-state index contributed by atoms with van der Waals surface area (Å²) in [6.07, 6.45) is 5.51. The highest BCUT2D eigenvalue weighted by molar-refractivity contribution is 5.53. The SMILES string of the molecule is CN(C)c1cnn(C2CCN(c3c(C#N)c(=O)n(C)c(=O)n3C)CC2)c1. The lowest BCUT2D eigenvalue weighted by atomic mass is 10.0. The Morgan fingerprint density at radius 1 is 1.19 bits per heavy atom. The van der Waals surface area contributed by atoms with Crippen molar-refractivity contribution in [3.8, 4) is 6.07 Å². The van der Waals surface area contributed by atoms with E-state index in [-0.39, 0.29) is 11.6 Å². The Labute approximate surface area is 151 Å². The maximum Gasteiger partial charge on any atom is 0.332 e. The molecule has 0 spiro atoms. The quantitative estimate of drug-likeness (QED) is 0.771. The second-order valence-electron chi connectivity index (χ2n) is 6.81. The summed E-state index contributed by atoms with van der Waals surface area (Å²) in [7, 11) is 6.94. The Hall–Kier alpha value is -3.02. The van der Waals surface area contributed by atoms with Crippen molar-refractivity contribution >= 4 is 11.5 Å². The summed E-state index contributed by atoms with van der Waals surface area (Å²) in [6, 6.07) is 2.23. The van der Waals surface area contributed by atoms with Crippen LogP contribution in [0.3, 0.4) is 0 Å². The average molecular weight is 357 g/mol. The second-order valence-corrected chi connectivity index (χ2v) is 6.81. The summed E-state index contributed by atoms with van der Waals surface area (Å²) in [6.45, 7) is 1.30. The van der Waals surface area contributed by atoms with Crippen LogP contribution < -0.4 is 21.0 Å². The Bertz CT molecular complexity index is 968. The Morgan fingerprint density at radius 3 is 2.38 bits per heavy atom. The van der Waals surface area contributed by atoms with Crippen LogP contribution >= 0.6 is 0 Å². The third-order valence-corrected chi connectivity index (χ3v) is 4.99. The van der Waals surface area contributed by atoms with Crippen molar-refractivity contribution in [2.24, 2.45) is 14.1 Å². The summed E-state index contributed by atoms with van der Waals surface area (Å²) in [4.78, 5) is 28.5. The van der Waals surface area contributed by atoms with E-state index in [1.54, 1.807) is 7.05 Å². The predicted octanol–water partition coefficient (Wildman–Crippen LogP) is 0.0597. The van der Waals surface area contributed by atoms with Crippen LogP contribution in [0.25, 0.3) is 0 Å². The minimum atomic E-state index is -0.546. The van der Waals surface area contributed by atoms with E-state index in [2.05, 4.69) is 5.10 Å². The number of rotatable bonds is 3. The van der Waals surface area contributed by atoms with Crippen LogP contribution in [0.5, 0.6) is 0 Å².